The molecule has 8 heteroatoms. The van der Waals surface area contributed by atoms with E-state index < -0.39 is 17.2 Å². The summed E-state index contributed by atoms with van der Waals surface area (Å²) >= 11 is 0. The molecule has 4 aromatic rings. The smallest absolute Gasteiger partial charge is 0.333 e. The highest BCUT2D eigenvalue weighted by Crippen LogP contribution is 2.14. The highest BCUT2D eigenvalue weighted by Gasteiger charge is 2.13. The van der Waals surface area contributed by atoms with Crippen LogP contribution >= 0.6 is 0 Å². The van der Waals surface area contributed by atoms with E-state index in [0.717, 1.165) is 4.57 Å². The molecule has 0 atom stereocenters. The van der Waals surface area contributed by atoms with Gasteiger partial charge in [-0.2, -0.15) is 0 Å². The Balaban J connectivity index is 1.65. The number of aromatic nitrogens is 2. The van der Waals surface area contributed by atoms with Crippen LogP contribution in [0.4, 0.5) is 5.69 Å². The average Bonchev–Trinajstić information content (AvgIpc) is 2.79. The number of fused-ring (bicyclic) bond motifs is 1. The summed E-state index contributed by atoms with van der Waals surface area (Å²) in [4.78, 5) is 52.3. The molecule has 0 bridgehead atoms. The summed E-state index contributed by atoms with van der Waals surface area (Å²) in [6.45, 7) is 0. The summed E-state index contributed by atoms with van der Waals surface area (Å²) in [5.74, 6) is -0.639. The van der Waals surface area contributed by atoms with Gasteiger partial charge in [0.2, 0.25) is 0 Å². The first-order chi connectivity index (χ1) is 15.0. The number of anilines is 1. The van der Waals surface area contributed by atoms with Gasteiger partial charge in [-0.3, -0.25) is 14.4 Å². The summed E-state index contributed by atoms with van der Waals surface area (Å²) in [5.41, 5.74) is 0.912. The van der Waals surface area contributed by atoms with Gasteiger partial charge in [-0.05, 0) is 54.6 Å². The number of benzene rings is 3. The van der Waals surface area contributed by atoms with Gasteiger partial charge < -0.3 is 15.6 Å². The molecule has 3 N–H and O–H groups in total. The van der Waals surface area contributed by atoms with Gasteiger partial charge in [-0.15, -0.1) is 0 Å². The summed E-state index contributed by atoms with van der Waals surface area (Å²) in [6, 6.07) is 19.5. The van der Waals surface area contributed by atoms with Crippen molar-refractivity contribution in [3.05, 3.63) is 105 Å². The molecule has 1 heterocycles. The van der Waals surface area contributed by atoms with Crippen molar-refractivity contribution in [1.29, 1.82) is 0 Å². The van der Waals surface area contributed by atoms with Gasteiger partial charge in [0, 0.05) is 23.9 Å². The van der Waals surface area contributed by atoms with Gasteiger partial charge in [-0.25, -0.2) is 9.36 Å². The summed E-state index contributed by atoms with van der Waals surface area (Å²) < 4.78 is 1.05. The van der Waals surface area contributed by atoms with E-state index in [4.69, 9.17) is 0 Å². The van der Waals surface area contributed by atoms with E-state index in [1.807, 2.05) is 0 Å². The van der Waals surface area contributed by atoms with E-state index in [0.29, 0.717) is 16.9 Å². The largest absolute Gasteiger partial charge is 0.355 e. The van der Waals surface area contributed by atoms with Crippen LogP contribution in [0.2, 0.25) is 0 Å². The van der Waals surface area contributed by atoms with Gasteiger partial charge in [0.25, 0.3) is 17.4 Å². The normalized spacial score (nSPS) is 10.6. The van der Waals surface area contributed by atoms with Gasteiger partial charge in [-0.1, -0.05) is 18.2 Å². The Kier molecular flexibility index (Phi) is 5.19. The molecule has 0 radical (unpaired) electrons. The van der Waals surface area contributed by atoms with Crippen molar-refractivity contribution in [3.63, 3.8) is 0 Å². The molecule has 3 aromatic carbocycles. The number of nitrogens with zero attached hydrogens (tertiary/aromatic N) is 1. The summed E-state index contributed by atoms with van der Waals surface area (Å²) in [7, 11) is 1.54. The first kappa shape index (κ1) is 19.8. The van der Waals surface area contributed by atoms with Crippen molar-refractivity contribution >= 4 is 28.4 Å². The summed E-state index contributed by atoms with van der Waals surface area (Å²) in [5, 5.41) is 5.54. The Morgan fingerprint density at radius 3 is 2.19 bits per heavy atom. The Bertz CT molecular complexity index is 1400. The zero-order valence-electron chi connectivity index (χ0n) is 16.5. The minimum absolute atomic E-state index is 0.225. The predicted molar refractivity (Wildman–Crippen MR) is 118 cm³/mol. The lowest BCUT2D eigenvalue weighted by molar-refractivity contribution is 0.0962. The van der Waals surface area contributed by atoms with Crippen LogP contribution < -0.4 is 21.9 Å². The minimum atomic E-state index is -0.592. The lowest BCUT2D eigenvalue weighted by Crippen LogP contribution is -2.33. The fraction of sp³-hybridized carbons (Fsp3) is 0.0435. The van der Waals surface area contributed by atoms with Crippen LogP contribution in [0.1, 0.15) is 20.7 Å². The molecule has 0 spiro atoms. The third kappa shape index (κ3) is 3.86. The SMILES string of the molecule is CNC(=O)c1ccc(NC(=O)c2ccc3c(=O)n(-c4ccccc4)c(=O)[nH]c3c2)cc1. The summed E-state index contributed by atoms with van der Waals surface area (Å²) in [6.07, 6.45) is 0. The molecular formula is C23H18N4O4. The maximum Gasteiger partial charge on any atom is 0.333 e. The molecule has 0 fully saturated rings. The monoisotopic (exact) mass is 414 g/mol. The number of amides is 2. The molecule has 0 aliphatic carbocycles. The van der Waals surface area contributed by atoms with E-state index in [-0.39, 0.29) is 22.4 Å². The molecule has 0 saturated heterocycles. The zero-order valence-corrected chi connectivity index (χ0v) is 16.5. The van der Waals surface area contributed by atoms with Crippen molar-refractivity contribution in [1.82, 2.24) is 14.9 Å². The quantitative estimate of drug-likeness (QED) is 0.475. The number of hydrogen-bond donors (Lipinski definition) is 3. The molecule has 0 saturated carbocycles. The molecule has 31 heavy (non-hydrogen) atoms. The number of aromatic amines is 1. The van der Waals surface area contributed by atoms with Crippen molar-refractivity contribution < 1.29 is 9.59 Å². The van der Waals surface area contributed by atoms with Crippen molar-refractivity contribution in [2.24, 2.45) is 0 Å². The molecule has 1 aromatic heterocycles. The minimum Gasteiger partial charge on any atom is -0.355 e. The lowest BCUT2D eigenvalue weighted by Gasteiger charge is -2.09. The van der Waals surface area contributed by atoms with E-state index in [1.165, 1.54) is 25.2 Å². The number of rotatable bonds is 4. The van der Waals surface area contributed by atoms with Crippen molar-refractivity contribution in [2.45, 2.75) is 0 Å². The molecule has 4 rings (SSSR count). The molecule has 8 nitrogen and oxygen atoms in total. The van der Waals surface area contributed by atoms with Gasteiger partial charge in [0.1, 0.15) is 0 Å². The molecule has 154 valence electrons. The molecule has 0 unspecified atom stereocenters. The maximum absolute atomic E-state index is 12.8. The van der Waals surface area contributed by atoms with E-state index in [2.05, 4.69) is 15.6 Å². The lowest BCUT2D eigenvalue weighted by atomic mass is 10.1. The number of para-hydroxylation sites is 1. The third-order valence-electron chi connectivity index (χ3n) is 4.81. The van der Waals surface area contributed by atoms with E-state index in [1.54, 1.807) is 54.6 Å². The van der Waals surface area contributed by atoms with Gasteiger partial charge in [0.15, 0.2) is 0 Å². The number of nitrogens with one attached hydrogen (secondary N) is 3. The van der Waals surface area contributed by atoms with Crippen molar-refractivity contribution in [2.75, 3.05) is 12.4 Å². The molecule has 2 amide bonds. The average molecular weight is 414 g/mol. The fourth-order valence-corrected chi connectivity index (χ4v) is 3.22. The standard InChI is InChI=1S/C23H18N4O4/c1-24-20(28)14-7-10-16(11-8-14)25-21(29)15-9-12-18-19(13-15)26-23(31)27(22(18)30)17-5-3-2-4-6-17/h2-13H,1H3,(H,24,28)(H,25,29)(H,26,31). The first-order valence-electron chi connectivity index (χ1n) is 9.46. The highest BCUT2D eigenvalue weighted by atomic mass is 16.2. The Morgan fingerprint density at radius 1 is 0.839 bits per heavy atom. The Morgan fingerprint density at radius 2 is 1.52 bits per heavy atom. The zero-order chi connectivity index (χ0) is 22.0. The molecular weight excluding hydrogens is 396 g/mol. The van der Waals surface area contributed by atoms with Crippen LogP contribution in [0.5, 0.6) is 0 Å². The number of carbonyl (C=O) groups is 2. The fourth-order valence-electron chi connectivity index (χ4n) is 3.22. The van der Waals surface area contributed by atoms with Crippen LogP contribution in [-0.4, -0.2) is 28.4 Å². The molecule has 0 aliphatic heterocycles. The Labute approximate surface area is 176 Å². The molecule has 0 aliphatic rings. The second kappa shape index (κ2) is 8.11. The van der Waals surface area contributed by atoms with Crippen LogP contribution in [-0.2, 0) is 0 Å². The number of carbonyl (C=O) groups excluding carboxylic acids is 2. The Hall–Kier alpha value is -4.46. The maximum atomic E-state index is 12.8. The third-order valence-corrected chi connectivity index (χ3v) is 4.81. The first-order valence-corrected chi connectivity index (χ1v) is 9.46. The van der Waals surface area contributed by atoms with Gasteiger partial charge >= 0.3 is 5.69 Å². The highest BCUT2D eigenvalue weighted by molar-refractivity contribution is 6.06. The van der Waals surface area contributed by atoms with Crippen LogP contribution in [0, 0.1) is 0 Å². The number of H-pyrrole nitrogens is 1. The van der Waals surface area contributed by atoms with E-state index >= 15 is 0 Å². The predicted octanol–water partition coefficient (Wildman–Crippen LogP) is 2.29. The number of hydrogen-bond acceptors (Lipinski definition) is 4. The van der Waals surface area contributed by atoms with Gasteiger partial charge in [0.05, 0.1) is 16.6 Å². The van der Waals surface area contributed by atoms with Crippen molar-refractivity contribution in [3.8, 4) is 5.69 Å². The van der Waals surface area contributed by atoms with Crippen LogP contribution in [0.3, 0.4) is 0 Å². The second-order valence-corrected chi connectivity index (χ2v) is 6.78. The second-order valence-electron chi connectivity index (χ2n) is 6.78. The topological polar surface area (TPSA) is 113 Å². The van der Waals surface area contributed by atoms with Crippen LogP contribution in [0.15, 0.2) is 82.4 Å². The van der Waals surface area contributed by atoms with Crippen LogP contribution in [0.25, 0.3) is 16.6 Å². The van der Waals surface area contributed by atoms with E-state index in [9.17, 15) is 19.2 Å².